The van der Waals surface area contributed by atoms with Crippen molar-refractivity contribution < 1.29 is 9.90 Å². The van der Waals surface area contributed by atoms with Gasteiger partial charge in [-0.15, -0.1) is 0 Å². The van der Waals surface area contributed by atoms with Crippen molar-refractivity contribution in [2.45, 2.75) is 0 Å². The highest BCUT2D eigenvalue weighted by Gasteiger charge is 1.98. The fourth-order valence-corrected chi connectivity index (χ4v) is 0.664. The summed E-state index contributed by atoms with van der Waals surface area (Å²) in [6.07, 6.45) is 1.01. The van der Waals surface area contributed by atoms with Crippen molar-refractivity contribution in [2.24, 2.45) is 0 Å². The molecule has 0 bridgehead atoms. The fraction of sp³-hybridized carbons (Fsp3) is 0. The smallest absolute Gasteiger partial charge is 0.250 e. The van der Waals surface area contributed by atoms with E-state index < -0.39 is 11.5 Å². The molecule has 0 saturated heterocycles. The van der Waals surface area contributed by atoms with Gasteiger partial charge in [0.1, 0.15) is 0 Å². The average molecular weight is 153 g/mol. The van der Waals surface area contributed by atoms with Crippen LogP contribution in [0.15, 0.2) is 17.1 Å². The number of nitrogens with one attached hydrogen (secondary N) is 1. The molecule has 0 fully saturated rings. The number of aromatic amines is 1. The first-order valence-corrected chi connectivity index (χ1v) is 2.81. The van der Waals surface area contributed by atoms with Crippen LogP contribution in [0.1, 0.15) is 10.4 Å². The Hall–Kier alpha value is -1.78. The lowest BCUT2D eigenvalue weighted by atomic mass is 10.2. The number of nitrogens with two attached hydrogens (primary N) is 1. The molecule has 5 heteroatoms. The second-order valence-electron chi connectivity index (χ2n) is 1.95. The zero-order valence-electron chi connectivity index (χ0n) is 5.46. The highest BCUT2D eigenvalue weighted by Crippen LogP contribution is 2.03. The van der Waals surface area contributed by atoms with Crippen LogP contribution in [0.2, 0.25) is 0 Å². The zero-order valence-corrected chi connectivity index (χ0v) is 5.46. The van der Waals surface area contributed by atoms with Crippen molar-refractivity contribution in [1.82, 2.24) is 4.98 Å². The minimum absolute atomic E-state index is 0.0891. The van der Waals surface area contributed by atoms with Crippen LogP contribution in [0, 0.1) is 0 Å². The van der Waals surface area contributed by atoms with E-state index in [-0.39, 0.29) is 11.3 Å². The van der Waals surface area contributed by atoms with Gasteiger partial charge in [-0.1, -0.05) is 0 Å². The van der Waals surface area contributed by atoms with Crippen LogP contribution in [-0.2, 0) is 0 Å². The Bertz CT molecular complexity index is 342. The van der Waals surface area contributed by atoms with Crippen molar-refractivity contribution in [3.05, 3.63) is 28.2 Å². The second kappa shape index (κ2) is 2.45. The van der Waals surface area contributed by atoms with E-state index in [4.69, 9.17) is 5.73 Å². The molecule has 0 unspecified atom stereocenters. The molecular formula is C6H5N2O3-. The molecule has 11 heavy (non-hydrogen) atoms. The molecule has 0 spiro atoms. The number of aromatic carboxylic acids is 1. The molecule has 1 aromatic rings. The minimum Gasteiger partial charge on any atom is -0.545 e. The molecule has 0 amide bonds. The molecule has 58 valence electrons. The summed E-state index contributed by atoms with van der Waals surface area (Å²) in [5.74, 6) is -1.40. The van der Waals surface area contributed by atoms with E-state index in [1.54, 1.807) is 0 Å². The molecule has 5 nitrogen and oxygen atoms in total. The van der Waals surface area contributed by atoms with Gasteiger partial charge in [0, 0.05) is 23.5 Å². The molecule has 0 atom stereocenters. The summed E-state index contributed by atoms with van der Waals surface area (Å²) in [5, 5.41) is 10.2. The molecule has 1 heterocycles. The maximum Gasteiger partial charge on any atom is 0.250 e. The monoisotopic (exact) mass is 153 g/mol. The predicted molar refractivity (Wildman–Crippen MR) is 35.8 cm³/mol. The maximum atomic E-state index is 10.5. The molecule has 1 rings (SSSR count). The Kier molecular flexibility index (Phi) is 1.63. The average Bonchev–Trinajstić information content (AvgIpc) is 1.85. The number of hydrogen-bond acceptors (Lipinski definition) is 4. The predicted octanol–water partition coefficient (Wildman–Crippen LogP) is -1.68. The molecular weight excluding hydrogens is 148 g/mol. The van der Waals surface area contributed by atoms with Gasteiger partial charge in [-0.2, -0.15) is 0 Å². The first-order chi connectivity index (χ1) is 5.11. The molecule has 3 N–H and O–H groups in total. The summed E-state index contributed by atoms with van der Waals surface area (Å²) in [6, 6.07) is 0.991. The summed E-state index contributed by atoms with van der Waals surface area (Å²) in [6.45, 7) is 0. The lowest BCUT2D eigenvalue weighted by Gasteiger charge is -2.03. The minimum atomic E-state index is -1.40. The Morgan fingerprint density at radius 1 is 1.64 bits per heavy atom. The second-order valence-corrected chi connectivity index (χ2v) is 1.95. The molecule has 0 saturated carbocycles. The van der Waals surface area contributed by atoms with Gasteiger partial charge in [0.15, 0.2) is 0 Å². The van der Waals surface area contributed by atoms with Crippen LogP contribution in [-0.4, -0.2) is 11.0 Å². The van der Waals surface area contributed by atoms with Gasteiger partial charge in [0.2, 0.25) is 5.56 Å². The highest BCUT2D eigenvalue weighted by molar-refractivity contribution is 5.91. The van der Waals surface area contributed by atoms with Crippen LogP contribution in [0.25, 0.3) is 0 Å². The third kappa shape index (κ3) is 1.37. The first-order valence-electron chi connectivity index (χ1n) is 2.81. The third-order valence-corrected chi connectivity index (χ3v) is 1.18. The van der Waals surface area contributed by atoms with Gasteiger partial charge in [-0.3, -0.25) is 4.79 Å². The number of H-pyrrole nitrogens is 1. The number of carbonyl (C=O) groups is 1. The van der Waals surface area contributed by atoms with E-state index in [2.05, 4.69) is 4.98 Å². The van der Waals surface area contributed by atoms with Gasteiger partial charge in [-0.25, -0.2) is 0 Å². The molecule has 0 aliphatic heterocycles. The Balaban J connectivity index is 3.31. The quantitative estimate of drug-likeness (QED) is 0.503. The summed E-state index contributed by atoms with van der Waals surface area (Å²) in [4.78, 5) is 22.9. The van der Waals surface area contributed by atoms with Crippen LogP contribution in [0.4, 0.5) is 5.69 Å². The Morgan fingerprint density at radius 3 is 2.73 bits per heavy atom. The van der Waals surface area contributed by atoms with E-state index in [0.717, 1.165) is 12.3 Å². The van der Waals surface area contributed by atoms with Gasteiger partial charge in [0.05, 0.1) is 5.97 Å². The number of pyridine rings is 1. The fourth-order valence-electron chi connectivity index (χ4n) is 0.664. The standard InChI is InChI=1S/C6H6N2O3/c7-4-1-5(9)8-2-3(4)6(10)11/h1-2H,(H,10,11)(H3,7,8,9)/p-1. The lowest BCUT2D eigenvalue weighted by Crippen LogP contribution is -2.25. The number of carboxylic acid groups (broad SMARTS) is 1. The lowest BCUT2D eigenvalue weighted by molar-refractivity contribution is -0.254. The molecule has 0 aliphatic carbocycles. The number of hydrogen-bond donors (Lipinski definition) is 2. The summed E-state index contributed by atoms with van der Waals surface area (Å²) in [7, 11) is 0. The van der Waals surface area contributed by atoms with E-state index in [1.165, 1.54) is 0 Å². The van der Waals surface area contributed by atoms with E-state index in [9.17, 15) is 14.7 Å². The molecule has 1 aromatic heterocycles. The van der Waals surface area contributed by atoms with Crippen molar-refractivity contribution in [3.63, 3.8) is 0 Å². The Morgan fingerprint density at radius 2 is 2.27 bits per heavy atom. The highest BCUT2D eigenvalue weighted by atomic mass is 16.4. The zero-order chi connectivity index (χ0) is 8.43. The van der Waals surface area contributed by atoms with E-state index >= 15 is 0 Å². The molecule has 0 aromatic carbocycles. The maximum absolute atomic E-state index is 10.5. The van der Waals surface area contributed by atoms with Crippen molar-refractivity contribution in [1.29, 1.82) is 0 Å². The number of carbonyl (C=O) groups excluding carboxylic acids is 1. The number of nitrogen functional groups attached to an aromatic ring is 1. The number of aromatic nitrogens is 1. The normalized spacial score (nSPS) is 9.45. The van der Waals surface area contributed by atoms with Crippen LogP contribution in [0.5, 0.6) is 0 Å². The largest absolute Gasteiger partial charge is 0.545 e. The third-order valence-electron chi connectivity index (χ3n) is 1.18. The SMILES string of the molecule is Nc1cc(=O)[nH]cc1C(=O)[O-]. The van der Waals surface area contributed by atoms with Crippen molar-refractivity contribution in [2.75, 3.05) is 5.73 Å². The number of carboxylic acids is 1. The number of rotatable bonds is 1. The van der Waals surface area contributed by atoms with Gasteiger partial charge in [-0.05, 0) is 0 Å². The van der Waals surface area contributed by atoms with Crippen molar-refractivity contribution >= 4 is 11.7 Å². The molecule has 0 aliphatic rings. The van der Waals surface area contributed by atoms with E-state index in [0.29, 0.717) is 0 Å². The summed E-state index contributed by atoms with van der Waals surface area (Å²) < 4.78 is 0. The van der Waals surface area contributed by atoms with Gasteiger partial charge in [0.25, 0.3) is 0 Å². The van der Waals surface area contributed by atoms with Crippen LogP contribution < -0.4 is 16.4 Å². The Labute approximate surface area is 61.5 Å². The first kappa shape index (κ1) is 7.33. The van der Waals surface area contributed by atoms with Gasteiger partial charge >= 0.3 is 0 Å². The van der Waals surface area contributed by atoms with Crippen LogP contribution >= 0.6 is 0 Å². The van der Waals surface area contributed by atoms with Crippen LogP contribution in [0.3, 0.4) is 0 Å². The van der Waals surface area contributed by atoms with Crippen molar-refractivity contribution in [3.8, 4) is 0 Å². The molecule has 0 radical (unpaired) electrons. The number of anilines is 1. The van der Waals surface area contributed by atoms with E-state index in [1.807, 2.05) is 0 Å². The summed E-state index contributed by atoms with van der Waals surface area (Å²) in [5.41, 5.74) is 4.45. The topological polar surface area (TPSA) is 99.0 Å². The van der Waals surface area contributed by atoms with Gasteiger partial charge < -0.3 is 20.6 Å². The summed E-state index contributed by atoms with van der Waals surface area (Å²) >= 11 is 0.